The van der Waals surface area contributed by atoms with Gasteiger partial charge in [-0.25, -0.2) is 0 Å². The second-order valence-electron chi connectivity index (χ2n) is 18.9. The number of phenolic OH excluding ortho intramolecular Hbond substituents is 2. The number of carbonyl (C=O) groups excluding carboxylic acids is 2. The summed E-state index contributed by atoms with van der Waals surface area (Å²) < 4.78 is 56.9. The highest BCUT2D eigenvalue weighted by molar-refractivity contribution is 5.73. The Labute approximate surface area is 426 Å². The first-order valence-corrected chi connectivity index (χ1v) is 24.1. The van der Waals surface area contributed by atoms with Gasteiger partial charge in [-0.1, -0.05) is 19.9 Å². The molecule has 5 aliphatic rings. The van der Waals surface area contributed by atoms with Crippen LogP contribution in [0.25, 0.3) is 0 Å². The predicted molar refractivity (Wildman–Crippen MR) is 247 cm³/mol. The average Bonchev–Trinajstić information content (AvgIpc) is 3.37. The van der Waals surface area contributed by atoms with Crippen molar-refractivity contribution in [3.8, 4) is 11.5 Å². The first-order valence-electron chi connectivity index (χ1n) is 24.1. The van der Waals surface area contributed by atoms with Crippen LogP contribution in [0.5, 0.6) is 11.5 Å². The standard InChI is InChI=1S/C29H47N3O15.C16H30N2O9/c1-11-16(8-33)43-29(21(22(11)39)32-12(2)36)47-25-17(9-34)44-27(19(30)23(25)40)46-26-18(10-35)45-28(42-3)20(24(26)41)31-7-13-4-5-14(37)15(38)6-13;1-6-8(4-19)25-16(11(12(6)22)18-7(2)21)27-14-9(5-20)26-15(24-3)10(17)13(14)23/h4-6,11,16-29,31,33-35,37-41H,7-10,30H2,1-3H3,(H,32,36);6,8-16,19-20,22-23H,4-5,17H2,1-3H3,(H,18,21)/t11-,16?,17+,18?,19?,20+,21+,22?,23?,24?,25-,26-,27+,28?,29?;6-,8?,9+,10?,11+,12?,13?,14-,15-,16?/m11/s1. The molecule has 0 aliphatic carbocycles. The van der Waals surface area contributed by atoms with Crippen molar-refractivity contribution in [1.82, 2.24) is 16.0 Å². The van der Waals surface area contributed by atoms with Crippen LogP contribution in [0.1, 0.15) is 33.3 Å². The number of carbonyl (C=O) groups is 2. The maximum atomic E-state index is 11.9. The zero-order valence-corrected chi connectivity index (χ0v) is 41.8. The molecule has 6 rings (SSSR count). The molecule has 1 aromatic rings. The number of phenols is 2. The minimum Gasteiger partial charge on any atom is -0.504 e. The Bertz CT molecular complexity index is 1900. The van der Waals surface area contributed by atoms with Gasteiger partial charge in [0, 0.05) is 46.4 Å². The molecule has 0 saturated carbocycles. The number of amides is 2. The molecule has 0 bridgehead atoms. The fourth-order valence-corrected chi connectivity index (χ4v) is 9.49. The van der Waals surface area contributed by atoms with Crippen molar-refractivity contribution >= 4 is 11.8 Å². The normalized spacial score (nSPS) is 42.6. The third-order valence-corrected chi connectivity index (χ3v) is 13.9. The Morgan fingerprint density at radius 2 is 0.905 bits per heavy atom. The Morgan fingerprint density at radius 3 is 1.31 bits per heavy atom. The Morgan fingerprint density at radius 1 is 0.527 bits per heavy atom. The zero-order valence-electron chi connectivity index (χ0n) is 41.8. The van der Waals surface area contributed by atoms with E-state index >= 15 is 0 Å². The van der Waals surface area contributed by atoms with E-state index in [9.17, 15) is 70.9 Å². The molecule has 5 aliphatic heterocycles. The third kappa shape index (κ3) is 14.3. The van der Waals surface area contributed by atoms with Gasteiger partial charge >= 0.3 is 0 Å². The number of rotatable bonds is 18. The van der Waals surface area contributed by atoms with Crippen molar-refractivity contribution in [2.75, 3.05) is 47.3 Å². The highest BCUT2D eigenvalue weighted by Gasteiger charge is 2.54. The van der Waals surface area contributed by atoms with Crippen LogP contribution in [0.15, 0.2) is 18.2 Å². The molecule has 5 heterocycles. The maximum absolute atomic E-state index is 11.9. The lowest BCUT2D eigenvalue weighted by Crippen LogP contribution is -2.69. The molecule has 1 aromatic carbocycles. The van der Waals surface area contributed by atoms with E-state index in [1.165, 1.54) is 40.2 Å². The fourth-order valence-electron chi connectivity index (χ4n) is 9.49. The Hall–Kier alpha value is -3.16. The van der Waals surface area contributed by atoms with E-state index in [2.05, 4.69) is 16.0 Å². The number of aliphatic hydroxyl groups excluding tert-OH is 10. The van der Waals surface area contributed by atoms with Gasteiger partial charge in [-0.15, -0.1) is 0 Å². The summed E-state index contributed by atoms with van der Waals surface area (Å²) >= 11 is 0. The second-order valence-corrected chi connectivity index (χ2v) is 18.9. The molecular weight excluding hydrogens is 995 g/mol. The number of hydrogen-bond donors (Lipinski definition) is 17. The molecule has 426 valence electrons. The van der Waals surface area contributed by atoms with Gasteiger partial charge in [-0.3, -0.25) is 9.59 Å². The van der Waals surface area contributed by atoms with Crippen LogP contribution in [-0.2, 0) is 63.5 Å². The van der Waals surface area contributed by atoms with Gasteiger partial charge in [0.05, 0.1) is 75.6 Å². The first kappa shape index (κ1) is 61.7. The van der Waals surface area contributed by atoms with Crippen LogP contribution >= 0.6 is 0 Å². The van der Waals surface area contributed by atoms with Crippen LogP contribution < -0.4 is 27.4 Å². The zero-order chi connectivity index (χ0) is 54.9. The second kappa shape index (κ2) is 27.9. The van der Waals surface area contributed by atoms with Gasteiger partial charge in [-0.2, -0.15) is 0 Å². The van der Waals surface area contributed by atoms with Gasteiger partial charge < -0.3 is 136 Å². The van der Waals surface area contributed by atoms with Crippen molar-refractivity contribution in [3.63, 3.8) is 0 Å². The monoisotopic (exact) mass is 1070 g/mol. The number of ether oxygens (including phenoxy) is 10. The first-order chi connectivity index (χ1) is 35.1. The summed E-state index contributed by atoms with van der Waals surface area (Å²) in [5, 5.41) is 131. The van der Waals surface area contributed by atoms with E-state index in [0.29, 0.717) is 5.56 Å². The highest BCUT2D eigenvalue weighted by atomic mass is 16.8. The van der Waals surface area contributed by atoms with Crippen LogP contribution in [0.2, 0.25) is 0 Å². The Balaban J connectivity index is 0.000000318. The summed E-state index contributed by atoms with van der Waals surface area (Å²) in [5.74, 6) is -2.62. The SMILES string of the molecule is COC1OC(CO)[C@@H](O[C@@H]2O[C@@H](CO)[C@@H](OC3OC(CO)[C@@H](C)C(O)[C@@H]3NC(C)=O)C(O)C2N)C(O)[C@@H]1NCc1ccc(O)c(O)c1.CO[C@@H]1O[C@@H](CO)[C@@H](OC2OC(CO)[C@@H](C)C(O)[C@@H]2NC(C)=O)C(O)C1N. The number of benzene rings is 1. The van der Waals surface area contributed by atoms with Crippen molar-refractivity contribution in [1.29, 1.82) is 0 Å². The van der Waals surface area contributed by atoms with E-state index in [0.717, 1.165) is 0 Å². The highest BCUT2D eigenvalue weighted by Crippen LogP contribution is 2.35. The van der Waals surface area contributed by atoms with Crippen molar-refractivity contribution < 1.29 is 118 Å². The lowest BCUT2D eigenvalue weighted by molar-refractivity contribution is -0.349. The lowest BCUT2D eigenvalue weighted by Gasteiger charge is -2.49. The van der Waals surface area contributed by atoms with Gasteiger partial charge in [0.25, 0.3) is 0 Å². The third-order valence-electron chi connectivity index (χ3n) is 13.9. The van der Waals surface area contributed by atoms with Crippen LogP contribution in [-0.4, -0.2) is 261 Å². The van der Waals surface area contributed by atoms with E-state index in [1.807, 2.05) is 0 Å². The molecular formula is C45H77N5O24. The van der Waals surface area contributed by atoms with Gasteiger partial charge in [0.15, 0.2) is 42.9 Å². The summed E-state index contributed by atoms with van der Waals surface area (Å²) in [6, 6.07) is -1.15. The molecule has 5 saturated heterocycles. The number of hydrogen-bond acceptors (Lipinski definition) is 27. The fraction of sp³-hybridized carbons (Fsp3) is 0.822. The smallest absolute Gasteiger partial charge is 0.217 e. The molecule has 13 unspecified atom stereocenters. The number of nitrogens with two attached hydrogens (primary N) is 2. The number of aromatic hydroxyl groups is 2. The summed E-state index contributed by atoms with van der Waals surface area (Å²) in [5.41, 5.74) is 12.8. The quantitative estimate of drug-likeness (QED) is 0.0607. The predicted octanol–water partition coefficient (Wildman–Crippen LogP) is -7.68. The van der Waals surface area contributed by atoms with Crippen LogP contribution in [0.4, 0.5) is 0 Å². The largest absolute Gasteiger partial charge is 0.504 e. The lowest BCUT2D eigenvalue weighted by atomic mass is 9.89. The van der Waals surface area contributed by atoms with Crippen molar-refractivity contribution in [2.45, 2.75) is 175 Å². The van der Waals surface area contributed by atoms with E-state index in [-0.39, 0.29) is 24.7 Å². The molecule has 29 heteroatoms. The van der Waals surface area contributed by atoms with Crippen molar-refractivity contribution in [2.24, 2.45) is 23.3 Å². The minimum atomic E-state index is -1.59. The van der Waals surface area contributed by atoms with E-state index in [1.54, 1.807) is 19.9 Å². The van der Waals surface area contributed by atoms with Gasteiger partial charge in [-0.05, 0) is 17.7 Å². The average molecular weight is 1070 g/mol. The van der Waals surface area contributed by atoms with Crippen molar-refractivity contribution in [3.05, 3.63) is 23.8 Å². The molecule has 0 spiro atoms. The minimum absolute atomic E-state index is 0.0897. The summed E-state index contributed by atoms with van der Waals surface area (Å²) in [6.07, 6.45) is -21.4. The number of aliphatic hydroxyl groups is 10. The molecule has 74 heavy (non-hydrogen) atoms. The van der Waals surface area contributed by atoms with Gasteiger partial charge in [0.1, 0.15) is 67.0 Å². The van der Waals surface area contributed by atoms with Crippen LogP contribution in [0.3, 0.4) is 0 Å². The van der Waals surface area contributed by atoms with E-state index in [4.69, 9.17) is 58.8 Å². The number of methoxy groups -OCH3 is 2. The summed E-state index contributed by atoms with van der Waals surface area (Å²) in [6.45, 7) is 3.24. The van der Waals surface area contributed by atoms with Crippen LogP contribution in [0, 0.1) is 11.8 Å². The molecule has 0 aromatic heterocycles. The number of nitrogens with one attached hydrogen (secondary N) is 3. The molecule has 19 N–H and O–H groups in total. The molecule has 5 fully saturated rings. The summed E-state index contributed by atoms with van der Waals surface area (Å²) in [4.78, 5) is 23.4. The molecule has 0 radical (unpaired) electrons. The maximum Gasteiger partial charge on any atom is 0.217 e. The van der Waals surface area contributed by atoms with Gasteiger partial charge in [0.2, 0.25) is 11.8 Å². The molecule has 29 nitrogen and oxygen atoms in total. The van der Waals surface area contributed by atoms with E-state index < -0.39 is 191 Å². The topological polar surface area (TPSA) is 457 Å². The Kier molecular flexibility index (Phi) is 23.3. The summed E-state index contributed by atoms with van der Waals surface area (Å²) in [7, 11) is 2.69. The molecule has 2 amide bonds. The molecule has 25 atom stereocenters.